The molecule has 0 amide bonds. The highest BCUT2D eigenvalue weighted by Crippen LogP contribution is 2.59. The Labute approximate surface area is 266 Å². The first-order chi connectivity index (χ1) is 18.2. The number of fused-ring (bicyclic) bond motifs is 1. The Balaban J connectivity index is 1.43. The minimum atomic E-state index is -4.74. The molecule has 0 spiro atoms. The van der Waals surface area contributed by atoms with Crippen molar-refractivity contribution in [2.75, 3.05) is 0 Å². The Morgan fingerprint density at radius 1 is 1.08 bits per heavy atom. The van der Waals surface area contributed by atoms with Crippen LogP contribution in [0.15, 0.2) is 29.2 Å². The van der Waals surface area contributed by atoms with Crippen LogP contribution in [-0.4, -0.2) is 43.1 Å². The van der Waals surface area contributed by atoms with Crippen LogP contribution in [0.3, 0.4) is 0 Å². The van der Waals surface area contributed by atoms with Crippen LogP contribution in [0.2, 0.25) is 0 Å². The van der Waals surface area contributed by atoms with Gasteiger partial charge in [-0.25, -0.2) is 13.2 Å². The van der Waals surface area contributed by atoms with Gasteiger partial charge in [-0.05, 0) is 122 Å². The van der Waals surface area contributed by atoms with Gasteiger partial charge in [0, 0.05) is 22.5 Å². The molecule has 1 aliphatic heterocycles. The molecular formula is C26H22I3O9S-. The van der Waals surface area contributed by atoms with Gasteiger partial charge in [0.05, 0.1) is 22.3 Å². The van der Waals surface area contributed by atoms with Gasteiger partial charge in [-0.2, -0.15) is 0 Å². The van der Waals surface area contributed by atoms with E-state index in [9.17, 15) is 27.4 Å². The molecule has 39 heavy (non-hydrogen) atoms. The highest BCUT2D eigenvalue weighted by atomic mass is 127. The number of hydrogen-bond acceptors (Lipinski definition) is 9. The fraction of sp³-hybridized carbons (Fsp3) is 0.423. The molecule has 0 N–H and O–H groups in total. The van der Waals surface area contributed by atoms with Gasteiger partial charge in [-0.1, -0.05) is 13.8 Å². The van der Waals surface area contributed by atoms with Gasteiger partial charge in [-0.3, -0.25) is 9.59 Å². The maximum atomic E-state index is 13.5. The number of rotatable bonds is 6. The lowest BCUT2D eigenvalue weighted by molar-refractivity contribution is -0.149. The van der Waals surface area contributed by atoms with Crippen molar-refractivity contribution in [3.63, 3.8) is 0 Å². The average Bonchev–Trinajstić information content (AvgIpc) is 3.42. The van der Waals surface area contributed by atoms with E-state index >= 15 is 0 Å². The Kier molecular flexibility index (Phi) is 8.04. The smallest absolute Gasteiger partial charge is 0.340 e. The summed E-state index contributed by atoms with van der Waals surface area (Å²) >= 11 is 6.33. The van der Waals surface area contributed by atoms with Crippen LogP contribution in [0.4, 0.5) is 0 Å². The summed E-state index contributed by atoms with van der Waals surface area (Å²) in [6.45, 7) is 4.99. The summed E-state index contributed by atoms with van der Waals surface area (Å²) < 4.78 is 55.1. The molecule has 2 aromatic rings. The van der Waals surface area contributed by atoms with Crippen LogP contribution in [0.1, 0.15) is 47.7 Å². The first-order valence-corrected chi connectivity index (χ1v) is 16.7. The van der Waals surface area contributed by atoms with Crippen molar-refractivity contribution in [3.05, 3.63) is 51.7 Å². The fourth-order valence-electron chi connectivity index (χ4n) is 6.02. The molecular weight excluding hydrogens is 869 g/mol. The third-order valence-electron chi connectivity index (χ3n) is 7.68. The third-order valence-corrected chi connectivity index (χ3v) is 10.9. The Morgan fingerprint density at radius 2 is 1.72 bits per heavy atom. The maximum absolute atomic E-state index is 13.5. The van der Waals surface area contributed by atoms with Crippen LogP contribution < -0.4 is 4.74 Å². The molecule has 6 unspecified atom stereocenters. The zero-order valence-electron chi connectivity index (χ0n) is 20.8. The molecule has 2 bridgehead atoms. The van der Waals surface area contributed by atoms with E-state index in [4.69, 9.17) is 14.2 Å². The van der Waals surface area contributed by atoms with Crippen molar-refractivity contribution >= 4 is 95.8 Å². The summed E-state index contributed by atoms with van der Waals surface area (Å²) in [6.07, 6.45) is -0.937. The van der Waals surface area contributed by atoms with Crippen molar-refractivity contribution < 1.29 is 41.6 Å². The van der Waals surface area contributed by atoms with Crippen molar-refractivity contribution in [2.24, 2.45) is 23.7 Å². The molecule has 3 aliphatic rings. The minimum Gasteiger partial charge on any atom is -0.744 e. The van der Waals surface area contributed by atoms with Gasteiger partial charge in [0.1, 0.15) is 28.1 Å². The van der Waals surface area contributed by atoms with E-state index in [-0.39, 0.29) is 28.0 Å². The lowest BCUT2D eigenvalue weighted by Gasteiger charge is -2.30. The molecule has 2 aromatic carbocycles. The number of benzene rings is 2. The summed E-state index contributed by atoms with van der Waals surface area (Å²) in [5.41, 5.74) is 0.952. The zero-order valence-corrected chi connectivity index (χ0v) is 28.1. The summed E-state index contributed by atoms with van der Waals surface area (Å²) in [7, 11) is -4.74. The number of carbonyl (C=O) groups is 3. The SMILES string of the molecule is Cc1cc(S(=O)(=O)[O-])c(C(C)C)cc1OC(=O)C1C2CC3C(OC(=O)C31)C2OC(=O)c1c(I)cc(I)cc1I. The summed E-state index contributed by atoms with van der Waals surface area (Å²) in [6, 6.07) is 6.33. The first kappa shape index (κ1) is 29.4. The zero-order chi connectivity index (χ0) is 28.5. The number of ether oxygens (including phenoxy) is 3. The van der Waals surface area contributed by atoms with E-state index in [1.54, 1.807) is 13.8 Å². The van der Waals surface area contributed by atoms with Gasteiger partial charge >= 0.3 is 17.9 Å². The second-order valence-corrected chi connectivity index (χ2v) is 15.2. The molecule has 5 rings (SSSR count). The molecule has 1 saturated heterocycles. The van der Waals surface area contributed by atoms with E-state index in [2.05, 4.69) is 67.8 Å². The van der Waals surface area contributed by atoms with Gasteiger partial charge in [0.25, 0.3) is 0 Å². The molecule has 0 aromatic heterocycles. The average molecular weight is 891 g/mol. The predicted molar refractivity (Wildman–Crippen MR) is 161 cm³/mol. The second kappa shape index (κ2) is 10.7. The van der Waals surface area contributed by atoms with Crippen molar-refractivity contribution in [1.82, 2.24) is 0 Å². The minimum absolute atomic E-state index is 0.110. The number of esters is 3. The van der Waals surface area contributed by atoms with E-state index in [1.165, 1.54) is 19.1 Å². The molecule has 6 atom stereocenters. The second-order valence-electron chi connectivity index (χ2n) is 10.3. The molecule has 0 radical (unpaired) electrons. The quantitative estimate of drug-likeness (QED) is 0.174. The van der Waals surface area contributed by atoms with Crippen molar-refractivity contribution in [1.29, 1.82) is 0 Å². The lowest BCUT2D eigenvalue weighted by Crippen LogP contribution is -2.44. The van der Waals surface area contributed by atoms with Crippen molar-refractivity contribution in [3.8, 4) is 5.75 Å². The molecule has 208 valence electrons. The van der Waals surface area contributed by atoms with Crippen molar-refractivity contribution in [2.45, 2.75) is 50.2 Å². The Hall–Kier alpha value is -1.05. The highest BCUT2D eigenvalue weighted by molar-refractivity contribution is 14.1. The van der Waals surface area contributed by atoms with Crippen LogP contribution in [0.25, 0.3) is 0 Å². The van der Waals surface area contributed by atoms with E-state index in [0.29, 0.717) is 17.5 Å². The maximum Gasteiger partial charge on any atom is 0.340 e. The standard InChI is InChI=1S/C26H23I3O9S/c1-9(2)12-8-17(10(3)4-18(12)39(33,34)35)36-24(30)19-13-7-14-20(19)25(31)37-22(14)23(13)38-26(32)21-15(28)5-11(27)6-16(21)29/h4-6,8-9,13-14,19-20,22-23H,7H2,1-3H3,(H,33,34,35)/p-1. The summed E-state index contributed by atoms with van der Waals surface area (Å²) in [5, 5.41) is 0. The Morgan fingerprint density at radius 3 is 2.31 bits per heavy atom. The third kappa shape index (κ3) is 5.22. The molecule has 3 fully saturated rings. The lowest BCUT2D eigenvalue weighted by atomic mass is 9.78. The van der Waals surface area contributed by atoms with Gasteiger partial charge in [0.2, 0.25) is 0 Å². The normalized spacial score (nSPS) is 27.1. The fourth-order valence-corrected chi connectivity index (χ4v) is 10.9. The van der Waals surface area contributed by atoms with Crippen LogP contribution >= 0.6 is 67.8 Å². The van der Waals surface area contributed by atoms with Crippen LogP contribution in [0.5, 0.6) is 5.75 Å². The van der Waals surface area contributed by atoms with E-state index in [0.717, 1.165) is 10.7 Å². The number of halogens is 3. The number of carbonyl (C=O) groups excluding carboxylic acids is 3. The highest BCUT2D eigenvalue weighted by Gasteiger charge is 2.70. The molecule has 13 heteroatoms. The van der Waals surface area contributed by atoms with E-state index in [1.807, 2.05) is 12.1 Å². The van der Waals surface area contributed by atoms with Crippen LogP contribution in [-0.2, 0) is 29.2 Å². The van der Waals surface area contributed by atoms with Gasteiger partial charge in [0.15, 0.2) is 0 Å². The molecule has 2 aliphatic carbocycles. The first-order valence-electron chi connectivity index (χ1n) is 12.1. The largest absolute Gasteiger partial charge is 0.744 e. The monoisotopic (exact) mass is 891 g/mol. The predicted octanol–water partition coefficient (Wildman–Crippen LogP) is 4.77. The topological polar surface area (TPSA) is 136 Å². The van der Waals surface area contributed by atoms with Gasteiger partial charge < -0.3 is 18.8 Å². The summed E-state index contributed by atoms with van der Waals surface area (Å²) in [5.74, 6) is -4.30. The number of aryl methyl sites for hydroxylation is 1. The van der Waals surface area contributed by atoms with Gasteiger partial charge in [-0.15, -0.1) is 0 Å². The Bertz CT molecular complexity index is 1500. The molecule has 1 heterocycles. The van der Waals surface area contributed by atoms with E-state index < -0.39 is 58.0 Å². The molecule has 9 nitrogen and oxygen atoms in total. The molecule has 2 saturated carbocycles. The van der Waals surface area contributed by atoms with Crippen LogP contribution in [0, 0.1) is 41.3 Å². The number of hydrogen-bond donors (Lipinski definition) is 0. The summed E-state index contributed by atoms with van der Waals surface area (Å²) in [4.78, 5) is 39.2.